The highest BCUT2D eigenvalue weighted by Crippen LogP contribution is 2.15. The van der Waals surface area contributed by atoms with Crippen molar-refractivity contribution in [2.75, 3.05) is 0 Å². The number of carbonyl (C=O) groups is 2. The number of hydrogen-bond acceptors (Lipinski definition) is 4. The van der Waals surface area contributed by atoms with Gasteiger partial charge in [0.2, 0.25) is 0 Å². The number of rotatable bonds is 4. The van der Waals surface area contributed by atoms with Crippen LogP contribution >= 0.6 is 0 Å². The van der Waals surface area contributed by atoms with Crippen LogP contribution in [0.2, 0.25) is 0 Å². The maximum atomic E-state index is 11.5. The van der Waals surface area contributed by atoms with E-state index in [-0.39, 0.29) is 11.3 Å². The van der Waals surface area contributed by atoms with E-state index >= 15 is 0 Å². The first-order valence-corrected chi connectivity index (χ1v) is 4.24. The van der Waals surface area contributed by atoms with E-state index in [1.165, 1.54) is 24.3 Å². The van der Waals surface area contributed by atoms with Crippen molar-refractivity contribution in [2.24, 2.45) is 10.8 Å². The van der Waals surface area contributed by atoms with Gasteiger partial charge in [-0.1, -0.05) is 23.3 Å². The topological polar surface area (TPSA) is 129 Å². The van der Waals surface area contributed by atoms with Crippen molar-refractivity contribution in [2.45, 2.75) is 6.04 Å². The Morgan fingerprint density at radius 3 is 2.75 bits per heavy atom. The number of nitrogens with two attached hydrogens (primary N) is 1. The van der Waals surface area contributed by atoms with Crippen molar-refractivity contribution in [1.29, 1.82) is 0 Å². The number of nitrogens with zero attached hydrogens (tertiary/aromatic N) is 3. The molecule has 0 amide bonds. The minimum atomic E-state index is -1.61. The maximum absolute atomic E-state index is 11.5. The number of carboxylic acids is 1. The standard InChI is InChI=1S/C9H8N4O3/c10-7(9(15)16)8(14)5-2-1-3-6(4-5)12-13-11/h1-4,7H,10H2,(H,15,16). The molecule has 0 radical (unpaired) electrons. The van der Waals surface area contributed by atoms with Gasteiger partial charge in [-0.15, -0.1) is 0 Å². The first-order valence-electron chi connectivity index (χ1n) is 4.24. The molecule has 1 rings (SSSR count). The zero-order valence-electron chi connectivity index (χ0n) is 8.07. The van der Waals surface area contributed by atoms with E-state index in [0.29, 0.717) is 0 Å². The van der Waals surface area contributed by atoms with E-state index < -0.39 is 17.8 Å². The van der Waals surface area contributed by atoms with Gasteiger partial charge in [0.05, 0.1) is 0 Å². The number of carboxylic acid groups (broad SMARTS) is 1. The molecule has 1 aromatic carbocycles. The Kier molecular flexibility index (Phi) is 3.60. The molecular weight excluding hydrogens is 212 g/mol. The third-order valence-corrected chi connectivity index (χ3v) is 1.84. The van der Waals surface area contributed by atoms with Gasteiger partial charge in [0.1, 0.15) is 0 Å². The number of aliphatic carboxylic acids is 1. The minimum Gasteiger partial charge on any atom is -0.480 e. The fourth-order valence-electron chi connectivity index (χ4n) is 1.06. The molecule has 0 saturated carbocycles. The average Bonchev–Trinajstić information content (AvgIpc) is 2.28. The predicted molar refractivity (Wildman–Crippen MR) is 55.2 cm³/mol. The second-order valence-electron chi connectivity index (χ2n) is 2.92. The number of carbonyl (C=O) groups excluding carboxylic acids is 1. The minimum absolute atomic E-state index is 0.0970. The van der Waals surface area contributed by atoms with Gasteiger partial charge in [-0.2, -0.15) is 0 Å². The zero-order valence-corrected chi connectivity index (χ0v) is 8.07. The highest BCUT2D eigenvalue weighted by molar-refractivity contribution is 6.11. The van der Waals surface area contributed by atoms with E-state index in [4.69, 9.17) is 16.4 Å². The molecule has 0 spiro atoms. The fourth-order valence-corrected chi connectivity index (χ4v) is 1.06. The van der Waals surface area contributed by atoms with E-state index in [0.717, 1.165) is 0 Å². The Labute approximate surface area is 90.1 Å². The molecule has 1 unspecified atom stereocenters. The molecule has 0 saturated heterocycles. The normalized spacial score (nSPS) is 11.3. The average molecular weight is 220 g/mol. The molecule has 0 aromatic heterocycles. The SMILES string of the molecule is [N-]=[N+]=Nc1cccc(C(=O)C(N)C(=O)O)c1. The Hall–Kier alpha value is -2.37. The molecule has 0 aliphatic carbocycles. The van der Waals surface area contributed by atoms with Gasteiger partial charge in [-0.05, 0) is 11.6 Å². The van der Waals surface area contributed by atoms with Crippen LogP contribution in [-0.2, 0) is 4.79 Å². The summed E-state index contributed by atoms with van der Waals surface area (Å²) < 4.78 is 0. The Bertz CT molecular complexity index is 479. The van der Waals surface area contributed by atoms with Crippen LogP contribution in [0.25, 0.3) is 10.4 Å². The van der Waals surface area contributed by atoms with Crippen LogP contribution in [0.1, 0.15) is 10.4 Å². The first-order chi connectivity index (χ1) is 7.56. The van der Waals surface area contributed by atoms with Crippen molar-refractivity contribution < 1.29 is 14.7 Å². The fraction of sp³-hybridized carbons (Fsp3) is 0.111. The summed E-state index contributed by atoms with van der Waals surface area (Å²) in [6, 6.07) is 4.04. The smallest absolute Gasteiger partial charge is 0.328 e. The van der Waals surface area contributed by atoms with Crippen molar-refractivity contribution >= 4 is 17.4 Å². The lowest BCUT2D eigenvalue weighted by molar-refractivity contribution is -0.137. The third kappa shape index (κ3) is 2.57. The van der Waals surface area contributed by atoms with Crippen molar-refractivity contribution in [3.8, 4) is 0 Å². The summed E-state index contributed by atoms with van der Waals surface area (Å²) in [5, 5.41) is 11.9. The molecule has 16 heavy (non-hydrogen) atoms. The van der Waals surface area contributed by atoms with Gasteiger partial charge in [-0.3, -0.25) is 9.59 Å². The summed E-state index contributed by atoms with van der Waals surface area (Å²) in [6.45, 7) is 0. The van der Waals surface area contributed by atoms with Crippen LogP contribution in [0.4, 0.5) is 5.69 Å². The summed E-state index contributed by atoms with van der Waals surface area (Å²) in [6.07, 6.45) is 0. The molecule has 0 aliphatic rings. The molecule has 3 N–H and O–H groups in total. The summed E-state index contributed by atoms with van der Waals surface area (Å²) in [4.78, 5) is 24.6. The second kappa shape index (κ2) is 4.92. The van der Waals surface area contributed by atoms with Crippen molar-refractivity contribution in [3.63, 3.8) is 0 Å². The first kappa shape index (κ1) is 11.7. The van der Waals surface area contributed by atoms with E-state index in [1.54, 1.807) is 0 Å². The van der Waals surface area contributed by atoms with Gasteiger partial charge in [-0.25, -0.2) is 0 Å². The van der Waals surface area contributed by atoms with Crippen molar-refractivity contribution in [3.05, 3.63) is 40.3 Å². The summed E-state index contributed by atoms with van der Waals surface area (Å²) >= 11 is 0. The Morgan fingerprint density at radius 2 is 2.19 bits per heavy atom. The van der Waals surface area contributed by atoms with E-state index in [9.17, 15) is 9.59 Å². The number of hydrogen-bond donors (Lipinski definition) is 2. The monoisotopic (exact) mass is 220 g/mol. The van der Waals surface area contributed by atoms with Gasteiger partial charge in [0.25, 0.3) is 0 Å². The predicted octanol–water partition coefficient (Wildman–Crippen LogP) is 1.22. The molecule has 7 nitrogen and oxygen atoms in total. The van der Waals surface area contributed by atoms with Crippen LogP contribution in [0, 0.1) is 0 Å². The van der Waals surface area contributed by atoms with Gasteiger partial charge >= 0.3 is 5.97 Å². The Balaban J connectivity index is 3.04. The number of Topliss-reactive ketones (excluding diaryl/α,β-unsaturated/α-hetero) is 1. The van der Waals surface area contributed by atoms with E-state index in [1.807, 2.05) is 0 Å². The van der Waals surface area contributed by atoms with E-state index in [2.05, 4.69) is 10.0 Å². The highest BCUT2D eigenvalue weighted by Gasteiger charge is 2.22. The quantitative estimate of drug-likeness (QED) is 0.260. The number of azide groups is 1. The molecule has 0 heterocycles. The van der Waals surface area contributed by atoms with Crippen LogP contribution in [0.15, 0.2) is 29.4 Å². The second-order valence-corrected chi connectivity index (χ2v) is 2.92. The zero-order chi connectivity index (χ0) is 12.1. The molecule has 0 bridgehead atoms. The largest absolute Gasteiger partial charge is 0.480 e. The molecule has 82 valence electrons. The van der Waals surface area contributed by atoms with Gasteiger partial charge < -0.3 is 10.8 Å². The molecule has 7 heteroatoms. The molecule has 1 aromatic rings. The lowest BCUT2D eigenvalue weighted by Gasteiger charge is -2.05. The van der Waals surface area contributed by atoms with Crippen LogP contribution < -0.4 is 5.73 Å². The van der Waals surface area contributed by atoms with Crippen LogP contribution in [-0.4, -0.2) is 22.9 Å². The summed E-state index contributed by atoms with van der Waals surface area (Å²) in [5.41, 5.74) is 13.7. The number of ketones is 1. The molecule has 1 atom stereocenters. The number of benzene rings is 1. The van der Waals surface area contributed by atoms with Crippen LogP contribution in [0.5, 0.6) is 0 Å². The third-order valence-electron chi connectivity index (χ3n) is 1.84. The van der Waals surface area contributed by atoms with Crippen LogP contribution in [0.3, 0.4) is 0 Å². The lowest BCUT2D eigenvalue weighted by atomic mass is 10.0. The summed E-state index contributed by atoms with van der Waals surface area (Å²) in [5.74, 6) is -2.14. The molecule has 0 fully saturated rings. The lowest BCUT2D eigenvalue weighted by Crippen LogP contribution is -2.38. The summed E-state index contributed by atoms with van der Waals surface area (Å²) in [7, 11) is 0. The Morgan fingerprint density at radius 1 is 1.50 bits per heavy atom. The van der Waals surface area contributed by atoms with Gasteiger partial charge in [0.15, 0.2) is 11.8 Å². The molecular formula is C9H8N4O3. The highest BCUT2D eigenvalue weighted by atomic mass is 16.4. The molecule has 0 aliphatic heterocycles. The maximum Gasteiger partial charge on any atom is 0.328 e. The van der Waals surface area contributed by atoms with Crippen molar-refractivity contribution in [1.82, 2.24) is 0 Å². The van der Waals surface area contributed by atoms with Gasteiger partial charge in [0, 0.05) is 16.2 Å².